The van der Waals surface area contributed by atoms with Gasteiger partial charge in [-0.15, -0.1) is 11.3 Å². The van der Waals surface area contributed by atoms with Crippen LogP contribution in [0.4, 0.5) is 5.69 Å². The molecule has 0 unspecified atom stereocenters. The van der Waals surface area contributed by atoms with Gasteiger partial charge in [0.05, 0.1) is 11.9 Å². The molecule has 0 atom stereocenters. The molecule has 2 aromatic heterocycles. The lowest BCUT2D eigenvalue weighted by Crippen LogP contribution is -2.21. The zero-order valence-electron chi connectivity index (χ0n) is 10.7. The molecule has 2 aromatic rings. The summed E-state index contributed by atoms with van der Waals surface area (Å²) in [5.74, 6) is 0.0211. The highest BCUT2D eigenvalue weighted by atomic mass is 32.1. The van der Waals surface area contributed by atoms with Gasteiger partial charge in [0.2, 0.25) is 0 Å². The molecular formula is C13H16N4OS. The number of oxime groups is 1. The highest BCUT2D eigenvalue weighted by Gasteiger charge is 2.05. The molecule has 0 aliphatic heterocycles. The van der Waals surface area contributed by atoms with Gasteiger partial charge in [0.15, 0.2) is 5.84 Å². The summed E-state index contributed by atoms with van der Waals surface area (Å²) >= 11 is 1.77. The lowest BCUT2D eigenvalue weighted by molar-refractivity contribution is 0.318. The van der Waals surface area contributed by atoms with Crippen LogP contribution in [-0.4, -0.2) is 29.6 Å². The summed E-state index contributed by atoms with van der Waals surface area (Å²) in [5, 5.41) is 13.6. The average Bonchev–Trinajstić information content (AvgIpc) is 2.97. The SMILES string of the molecule is CN(CCc1cccs1)c1ccc(/C(N)=N/O)nc1. The largest absolute Gasteiger partial charge is 0.409 e. The standard InChI is InChI=1S/C13H16N4OS/c1-17(7-6-11-3-2-8-19-11)10-4-5-12(15-9-10)13(14)16-18/h2-5,8-9,18H,6-7H2,1H3,(H2,14,16). The summed E-state index contributed by atoms with van der Waals surface area (Å²) in [6.07, 6.45) is 2.73. The number of aromatic nitrogens is 1. The number of thiophene rings is 1. The molecule has 0 radical (unpaired) electrons. The third kappa shape index (κ3) is 3.45. The molecule has 0 aliphatic carbocycles. The van der Waals surface area contributed by atoms with Crippen molar-refractivity contribution in [3.05, 3.63) is 46.4 Å². The average molecular weight is 276 g/mol. The first kappa shape index (κ1) is 13.4. The number of nitrogens with zero attached hydrogens (tertiary/aromatic N) is 3. The Hall–Kier alpha value is -2.08. The molecule has 0 saturated carbocycles. The number of hydrogen-bond donors (Lipinski definition) is 2. The molecule has 0 aromatic carbocycles. The summed E-state index contributed by atoms with van der Waals surface area (Å²) in [6.45, 7) is 0.922. The van der Waals surface area contributed by atoms with Crippen molar-refractivity contribution in [2.24, 2.45) is 10.9 Å². The monoisotopic (exact) mass is 276 g/mol. The van der Waals surface area contributed by atoms with Crippen LogP contribution in [-0.2, 0) is 6.42 Å². The third-order valence-electron chi connectivity index (χ3n) is 2.83. The van der Waals surface area contributed by atoms with Crippen LogP contribution in [0, 0.1) is 0 Å². The second-order valence-corrected chi connectivity index (χ2v) is 5.17. The number of rotatable bonds is 5. The molecule has 5 nitrogen and oxygen atoms in total. The first-order chi connectivity index (χ1) is 9.20. The van der Waals surface area contributed by atoms with Gasteiger partial charge in [0.25, 0.3) is 0 Å². The number of pyridine rings is 1. The molecule has 0 amide bonds. The maximum Gasteiger partial charge on any atom is 0.188 e. The highest BCUT2D eigenvalue weighted by Crippen LogP contribution is 2.14. The summed E-state index contributed by atoms with van der Waals surface area (Å²) in [7, 11) is 2.02. The third-order valence-corrected chi connectivity index (χ3v) is 3.77. The minimum Gasteiger partial charge on any atom is -0.409 e. The van der Waals surface area contributed by atoms with E-state index in [2.05, 4.69) is 32.6 Å². The van der Waals surface area contributed by atoms with E-state index in [1.54, 1.807) is 23.6 Å². The molecule has 0 spiro atoms. The van der Waals surface area contributed by atoms with Crippen molar-refractivity contribution in [3.8, 4) is 0 Å². The van der Waals surface area contributed by atoms with Crippen LogP contribution in [0.3, 0.4) is 0 Å². The van der Waals surface area contributed by atoms with Crippen molar-refractivity contribution < 1.29 is 5.21 Å². The molecule has 100 valence electrons. The van der Waals surface area contributed by atoms with Crippen molar-refractivity contribution in [1.82, 2.24) is 4.98 Å². The van der Waals surface area contributed by atoms with Crippen LogP contribution in [0.5, 0.6) is 0 Å². The molecule has 0 fully saturated rings. The molecule has 3 N–H and O–H groups in total. The van der Waals surface area contributed by atoms with Gasteiger partial charge in [0.1, 0.15) is 5.69 Å². The predicted molar refractivity (Wildman–Crippen MR) is 78.0 cm³/mol. The van der Waals surface area contributed by atoms with Crippen LogP contribution in [0.15, 0.2) is 41.0 Å². The van der Waals surface area contributed by atoms with Crippen molar-refractivity contribution >= 4 is 22.9 Å². The zero-order valence-corrected chi connectivity index (χ0v) is 11.5. The Morgan fingerprint density at radius 3 is 2.89 bits per heavy atom. The van der Waals surface area contributed by atoms with Crippen molar-refractivity contribution in [2.75, 3.05) is 18.5 Å². The smallest absolute Gasteiger partial charge is 0.188 e. The second kappa shape index (κ2) is 6.19. The number of likely N-dealkylation sites (N-methyl/N-ethyl adjacent to an activating group) is 1. The molecular weight excluding hydrogens is 260 g/mol. The highest BCUT2D eigenvalue weighted by molar-refractivity contribution is 7.09. The number of anilines is 1. The minimum absolute atomic E-state index is 0.0211. The molecule has 2 rings (SSSR count). The zero-order chi connectivity index (χ0) is 13.7. The van der Waals surface area contributed by atoms with Crippen LogP contribution >= 0.6 is 11.3 Å². The summed E-state index contributed by atoms with van der Waals surface area (Å²) in [4.78, 5) is 7.66. The number of hydrogen-bond acceptors (Lipinski definition) is 5. The van der Waals surface area contributed by atoms with Gasteiger partial charge in [0, 0.05) is 18.5 Å². The van der Waals surface area contributed by atoms with Crippen molar-refractivity contribution in [1.29, 1.82) is 0 Å². The van der Waals surface area contributed by atoms with Crippen LogP contribution < -0.4 is 10.6 Å². The fraction of sp³-hybridized carbons (Fsp3) is 0.231. The summed E-state index contributed by atoms with van der Waals surface area (Å²) < 4.78 is 0. The van der Waals surface area contributed by atoms with E-state index in [9.17, 15) is 0 Å². The maximum absolute atomic E-state index is 8.57. The molecule has 6 heteroatoms. The topological polar surface area (TPSA) is 74.7 Å². The van der Waals surface area contributed by atoms with E-state index in [1.807, 2.05) is 13.1 Å². The van der Waals surface area contributed by atoms with E-state index in [0.717, 1.165) is 18.7 Å². The van der Waals surface area contributed by atoms with E-state index < -0.39 is 0 Å². The van der Waals surface area contributed by atoms with Gasteiger partial charge >= 0.3 is 0 Å². The van der Waals surface area contributed by atoms with Gasteiger partial charge in [-0.05, 0) is 30.0 Å². The first-order valence-electron chi connectivity index (χ1n) is 5.88. The lowest BCUT2D eigenvalue weighted by Gasteiger charge is -2.18. The first-order valence-corrected chi connectivity index (χ1v) is 6.76. The molecule has 19 heavy (non-hydrogen) atoms. The Labute approximate surface area is 116 Å². The van der Waals surface area contributed by atoms with Crippen LogP contribution in [0.25, 0.3) is 0 Å². The van der Waals surface area contributed by atoms with Crippen molar-refractivity contribution in [3.63, 3.8) is 0 Å². The fourth-order valence-corrected chi connectivity index (χ4v) is 2.37. The Morgan fingerprint density at radius 1 is 1.47 bits per heavy atom. The predicted octanol–water partition coefficient (Wildman–Crippen LogP) is 1.92. The Morgan fingerprint density at radius 2 is 2.32 bits per heavy atom. The normalized spacial score (nSPS) is 11.5. The lowest BCUT2D eigenvalue weighted by atomic mass is 10.3. The number of nitrogens with two attached hydrogens (primary N) is 1. The Kier molecular flexibility index (Phi) is 4.35. The Bertz CT molecular complexity index is 536. The van der Waals surface area contributed by atoms with Crippen LogP contribution in [0.1, 0.15) is 10.6 Å². The maximum atomic E-state index is 8.57. The van der Waals surface area contributed by atoms with E-state index in [4.69, 9.17) is 10.9 Å². The molecule has 0 saturated heterocycles. The number of amidine groups is 1. The Balaban J connectivity index is 1.97. The molecule has 2 heterocycles. The quantitative estimate of drug-likeness (QED) is 0.379. The fourth-order valence-electron chi connectivity index (χ4n) is 1.68. The van der Waals surface area contributed by atoms with E-state index in [1.165, 1.54) is 4.88 Å². The van der Waals surface area contributed by atoms with Gasteiger partial charge in [-0.3, -0.25) is 4.98 Å². The van der Waals surface area contributed by atoms with E-state index in [0.29, 0.717) is 5.69 Å². The van der Waals surface area contributed by atoms with Gasteiger partial charge < -0.3 is 15.8 Å². The van der Waals surface area contributed by atoms with Crippen LogP contribution in [0.2, 0.25) is 0 Å². The molecule has 0 bridgehead atoms. The summed E-state index contributed by atoms with van der Waals surface area (Å²) in [5.41, 5.74) is 6.94. The van der Waals surface area contributed by atoms with Gasteiger partial charge in [-0.25, -0.2) is 0 Å². The van der Waals surface area contributed by atoms with E-state index in [-0.39, 0.29) is 5.84 Å². The minimum atomic E-state index is 0.0211. The summed E-state index contributed by atoms with van der Waals surface area (Å²) in [6, 6.07) is 7.85. The van der Waals surface area contributed by atoms with Crippen molar-refractivity contribution in [2.45, 2.75) is 6.42 Å². The second-order valence-electron chi connectivity index (χ2n) is 4.14. The van der Waals surface area contributed by atoms with Gasteiger partial charge in [-0.1, -0.05) is 11.2 Å². The van der Waals surface area contributed by atoms with E-state index >= 15 is 0 Å². The molecule has 0 aliphatic rings. The van der Waals surface area contributed by atoms with Gasteiger partial charge in [-0.2, -0.15) is 0 Å².